The monoisotopic (exact) mass is 250 g/mol. The van der Waals surface area contributed by atoms with E-state index in [1.807, 2.05) is 45.0 Å². The van der Waals surface area contributed by atoms with Gasteiger partial charge in [0.2, 0.25) is 0 Å². The van der Waals surface area contributed by atoms with Gasteiger partial charge in [-0.05, 0) is 51.2 Å². The second-order valence-corrected chi connectivity index (χ2v) is 4.93. The Morgan fingerprint density at radius 1 is 1.33 bits per heavy atom. The maximum Gasteiger partial charge on any atom is 0.251 e. The van der Waals surface area contributed by atoms with Gasteiger partial charge in [-0.3, -0.25) is 4.79 Å². The lowest BCUT2D eigenvalue weighted by molar-refractivity contribution is 0.0892. The number of likely N-dealkylation sites (N-methyl/N-ethyl adjacent to an activating group) is 1. The molecule has 0 heterocycles. The standard InChI is InChI=1S/C14H22N2O2/c1-10-5-6-12(7-11(10)2)14(18)15-8-13(17)9-16(3)4/h5-7,13,17H,8-9H2,1-4H3,(H,15,18). The number of aliphatic hydroxyl groups excluding tert-OH is 1. The smallest absolute Gasteiger partial charge is 0.251 e. The van der Waals surface area contributed by atoms with Crippen molar-refractivity contribution in [3.63, 3.8) is 0 Å². The van der Waals surface area contributed by atoms with Crippen LogP contribution in [-0.4, -0.2) is 49.2 Å². The topological polar surface area (TPSA) is 52.6 Å². The summed E-state index contributed by atoms with van der Waals surface area (Å²) in [6.07, 6.45) is -0.546. The van der Waals surface area contributed by atoms with Gasteiger partial charge >= 0.3 is 0 Å². The van der Waals surface area contributed by atoms with Crippen LogP contribution in [0, 0.1) is 13.8 Å². The van der Waals surface area contributed by atoms with Gasteiger partial charge in [0.1, 0.15) is 0 Å². The molecular formula is C14H22N2O2. The van der Waals surface area contributed by atoms with Crippen LogP contribution in [0.3, 0.4) is 0 Å². The third-order valence-electron chi connectivity index (χ3n) is 2.84. The van der Waals surface area contributed by atoms with Crippen LogP contribution in [0.5, 0.6) is 0 Å². The zero-order valence-electron chi connectivity index (χ0n) is 11.5. The molecule has 4 heteroatoms. The molecule has 1 atom stereocenters. The molecule has 1 unspecified atom stereocenters. The van der Waals surface area contributed by atoms with Gasteiger partial charge < -0.3 is 15.3 Å². The third kappa shape index (κ3) is 4.47. The Morgan fingerprint density at radius 3 is 2.56 bits per heavy atom. The Bertz CT molecular complexity index is 416. The lowest BCUT2D eigenvalue weighted by Gasteiger charge is -2.16. The number of hydrogen-bond donors (Lipinski definition) is 2. The van der Waals surface area contributed by atoms with Crippen LogP contribution in [0.25, 0.3) is 0 Å². The third-order valence-corrected chi connectivity index (χ3v) is 2.84. The molecule has 4 nitrogen and oxygen atoms in total. The fraction of sp³-hybridized carbons (Fsp3) is 0.500. The average molecular weight is 250 g/mol. The lowest BCUT2D eigenvalue weighted by atomic mass is 10.1. The number of nitrogens with zero attached hydrogens (tertiary/aromatic N) is 1. The molecule has 2 N–H and O–H groups in total. The largest absolute Gasteiger partial charge is 0.390 e. The van der Waals surface area contributed by atoms with Crippen molar-refractivity contribution >= 4 is 5.91 Å². The van der Waals surface area contributed by atoms with Gasteiger partial charge in [0.25, 0.3) is 5.91 Å². The fourth-order valence-corrected chi connectivity index (χ4v) is 1.68. The van der Waals surface area contributed by atoms with E-state index in [0.29, 0.717) is 12.1 Å². The number of nitrogens with one attached hydrogen (secondary N) is 1. The van der Waals surface area contributed by atoms with Crippen molar-refractivity contribution in [2.24, 2.45) is 0 Å². The lowest BCUT2D eigenvalue weighted by Crippen LogP contribution is -2.37. The summed E-state index contributed by atoms with van der Waals surface area (Å²) >= 11 is 0. The van der Waals surface area contributed by atoms with Crippen LogP contribution in [0.15, 0.2) is 18.2 Å². The minimum absolute atomic E-state index is 0.143. The number of amides is 1. The minimum atomic E-state index is -0.546. The molecule has 0 aliphatic carbocycles. The molecule has 0 fully saturated rings. The number of aliphatic hydroxyl groups is 1. The number of hydrogen-bond acceptors (Lipinski definition) is 3. The molecule has 0 saturated carbocycles. The number of aryl methyl sites for hydroxylation is 2. The SMILES string of the molecule is Cc1ccc(C(=O)NCC(O)CN(C)C)cc1C. The predicted molar refractivity (Wildman–Crippen MR) is 72.8 cm³/mol. The number of carbonyl (C=O) groups is 1. The minimum Gasteiger partial charge on any atom is -0.390 e. The Hall–Kier alpha value is -1.39. The van der Waals surface area contributed by atoms with Gasteiger partial charge in [0, 0.05) is 18.7 Å². The summed E-state index contributed by atoms with van der Waals surface area (Å²) in [6, 6.07) is 5.60. The summed E-state index contributed by atoms with van der Waals surface area (Å²) in [7, 11) is 3.77. The molecule has 0 aromatic heterocycles. The van der Waals surface area contributed by atoms with E-state index in [-0.39, 0.29) is 12.5 Å². The van der Waals surface area contributed by atoms with Crippen LogP contribution in [-0.2, 0) is 0 Å². The molecule has 0 aliphatic heterocycles. The molecule has 0 bridgehead atoms. The highest BCUT2D eigenvalue weighted by atomic mass is 16.3. The van der Waals surface area contributed by atoms with E-state index in [0.717, 1.165) is 5.56 Å². The first-order chi connectivity index (χ1) is 8.40. The van der Waals surface area contributed by atoms with E-state index in [1.165, 1.54) is 5.56 Å². The molecule has 0 radical (unpaired) electrons. The van der Waals surface area contributed by atoms with Crippen LogP contribution < -0.4 is 5.32 Å². The molecular weight excluding hydrogens is 228 g/mol. The Morgan fingerprint density at radius 2 is 2.00 bits per heavy atom. The van der Waals surface area contributed by atoms with E-state index in [1.54, 1.807) is 6.07 Å². The van der Waals surface area contributed by atoms with Gasteiger partial charge in [0.05, 0.1) is 6.10 Å². The van der Waals surface area contributed by atoms with Crippen LogP contribution in [0.1, 0.15) is 21.5 Å². The van der Waals surface area contributed by atoms with E-state index in [2.05, 4.69) is 5.32 Å². The van der Waals surface area contributed by atoms with Crippen molar-refractivity contribution in [3.05, 3.63) is 34.9 Å². The first-order valence-electron chi connectivity index (χ1n) is 6.08. The maximum atomic E-state index is 11.9. The Kier molecular flexibility index (Phi) is 5.31. The van der Waals surface area contributed by atoms with E-state index < -0.39 is 6.10 Å². The average Bonchev–Trinajstić information content (AvgIpc) is 2.28. The summed E-state index contributed by atoms with van der Waals surface area (Å²) in [5.74, 6) is -0.143. The zero-order chi connectivity index (χ0) is 13.7. The highest BCUT2D eigenvalue weighted by Gasteiger charge is 2.10. The van der Waals surface area contributed by atoms with Crippen molar-refractivity contribution in [2.45, 2.75) is 20.0 Å². The summed E-state index contributed by atoms with van der Waals surface area (Å²) in [4.78, 5) is 13.7. The summed E-state index contributed by atoms with van der Waals surface area (Å²) < 4.78 is 0. The normalized spacial score (nSPS) is 12.6. The molecule has 1 rings (SSSR count). The van der Waals surface area contributed by atoms with Crippen molar-refractivity contribution < 1.29 is 9.90 Å². The second kappa shape index (κ2) is 6.52. The summed E-state index contributed by atoms with van der Waals surface area (Å²) in [5, 5.41) is 12.4. The molecule has 0 aliphatic rings. The van der Waals surface area contributed by atoms with E-state index in [9.17, 15) is 9.90 Å². The number of carbonyl (C=O) groups excluding carboxylic acids is 1. The van der Waals surface area contributed by atoms with E-state index >= 15 is 0 Å². The second-order valence-electron chi connectivity index (χ2n) is 4.93. The van der Waals surface area contributed by atoms with Crippen LogP contribution in [0.4, 0.5) is 0 Å². The van der Waals surface area contributed by atoms with Crippen LogP contribution in [0.2, 0.25) is 0 Å². The fourth-order valence-electron chi connectivity index (χ4n) is 1.68. The van der Waals surface area contributed by atoms with Gasteiger partial charge in [-0.1, -0.05) is 6.07 Å². The molecule has 100 valence electrons. The number of benzene rings is 1. The van der Waals surface area contributed by atoms with Gasteiger partial charge in [0.15, 0.2) is 0 Å². The first-order valence-corrected chi connectivity index (χ1v) is 6.08. The van der Waals surface area contributed by atoms with Crippen LogP contribution >= 0.6 is 0 Å². The highest BCUT2D eigenvalue weighted by molar-refractivity contribution is 5.94. The van der Waals surface area contributed by atoms with Crippen molar-refractivity contribution in [1.29, 1.82) is 0 Å². The summed E-state index contributed by atoms with van der Waals surface area (Å²) in [5.41, 5.74) is 2.89. The van der Waals surface area contributed by atoms with Gasteiger partial charge in [-0.25, -0.2) is 0 Å². The predicted octanol–water partition coefficient (Wildman–Crippen LogP) is 0.956. The quantitative estimate of drug-likeness (QED) is 0.818. The molecule has 0 saturated heterocycles. The van der Waals surface area contributed by atoms with Crippen molar-refractivity contribution in [2.75, 3.05) is 27.2 Å². The highest BCUT2D eigenvalue weighted by Crippen LogP contribution is 2.09. The molecule has 1 aromatic carbocycles. The molecule has 18 heavy (non-hydrogen) atoms. The van der Waals surface area contributed by atoms with E-state index in [4.69, 9.17) is 0 Å². The molecule has 1 amide bonds. The Balaban J connectivity index is 2.52. The van der Waals surface area contributed by atoms with Gasteiger partial charge in [-0.15, -0.1) is 0 Å². The zero-order valence-corrected chi connectivity index (χ0v) is 11.5. The van der Waals surface area contributed by atoms with Gasteiger partial charge in [-0.2, -0.15) is 0 Å². The Labute approximate surface area is 109 Å². The molecule has 1 aromatic rings. The number of rotatable bonds is 5. The molecule has 0 spiro atoms. The van der Waals surface area contributed by atoms with Crippen molar-refractivity contribution in [1.82, 2.24) is 10.2 Å². The van der Waals surface area contributed by atoms with Crippen molar-refractivity contribution in [3.8, 4) is 0 Å². The maximum absolute atomic E-state index is 11.9. The summed E-state index contributed by atoms with van der Waals surface area (Å²) in [6.45, 7) is 4.79. The first kappa shape index (κ1) is 14.7.